The van der Waals surface area contributed by atoms with Crippen molar-refractivity contribution >= 4 is 16.8 Å². The zero-order valence-electron chi connectivity index (χ0n) is 5.69. The van der Waals surface area contributed by atoms with Gasteiger partial charge in [0, 0.05) is 10.8 Å². The molecular formula is C5H8N2O3S. The van der Waals surface area contributed by atoms with Crippen molar-refractivity contribution in [3.63, 3.8) is 0 Å². The molecule has 0 fully saturated rings. The summed E-state index contributed by atoms with van der Waals surface area (Å²) in [6.45, 7) is 0. The van der Waals surface area contributed by atoms with Crippen molar-refractivity contribution in [2.24, 2.45) is 5.73 Å². The van der Waals surface area contributed by atoms with Gasteiger partial charge in [0.1, 0.15) is 11.8 Å². The molecule has 5 nitrogen and oxygen atoms in total. The highest BCUT2D eigenvalue weighted by atomic mass is 32.2. The first-order chi connectivity index (χ1) is 5.07. The Bertz CT molecular complexity index is 210. The second kappa shape index (κ2) is 4.82. The van der Waals surface area contributed by atoms with Gasteiger partial charge in [0.2, 0.25) is 0 Å². The largest absolute Gasteiger partial charge is 0.480 e. The fourth-order valence-corrected chi connectivity index (χ4v) is 1.21. The zero-order chi connectivity index (χ0) is 8.85. The van der Waals surface area contributed by atoms with Gasteiger partial charge in [0.05, 0.1) is 11.8 Å². The van der Waals surface area contributed by atoms with Crippen LogP contribution in [0, 0.1) is 11.3 Å². The minimum absolute atomic E-state index is 0.164. The molecule has 0 aliphatic rings. The summed E-state index contributed by atoms with van der Waals surface area (Å²) in [5.74, 6) is -1.53. The van der Waals surface area contributed by atoms with Crippen molar-refractivity contribution < 1.29 is 14.1 Å². The fourth-order valence-electron chi connectivity index (χ4n) is 0.402. The lowest BCUT2D eigenvalue weighted by Gasteiger charge is -2.02. The topological polar surface area (TPSA) is 104 Å². The summed E-state index contributed by atoms with van der Waals surface area (Å²) in [7, 11) is -1.44. The Kier molecular flexibility index (Phi) is 4.41. The molecule has 0 heterocycles. The van der Waals surface area contributed by atoms with Gasteiger partial charge in [0.15, 0.2) is 0 Å². The third-order valence-electron chi connectivity index (χ3n) is 0.908. The Labute approximate surface area is 66.3 Å². The number of nitriles is 1. The van der Waals surface area contributed by atoms with E-state index in [9.17, 15) is 9.00 Å². The van der Waals surface area contributed by atoms with Gasteiger partial charge in [-0.3, -0.25) is 9.00 Å². The van der Waals surface area contributed by atoms with Gasteiger partial charge in [-0.1, -0.05) is 0 Å². The second-order valence-electron chi connectivity index (χ2n) is 1.85. The SMILES string of the molecule is N#CCS(=O)CC(N)C(=O)O. The van der Waals surface area contributed by atoms with Crippen LogP contribution in [0.3, 0.4) is 0 Å². The third kappa shape index (κ3) is 4.47. The molecule has 0 bridgehead atoms. The van der Waals surface area contributed by atoms with Gasteiger partial charge in [-0.25, -0.2) is 0 Å². The first-order valence-corrected chi connectivity index (χ1v) is 4.27. The molecule has 2 unspecified atom stereocenters. The monoisotopic (exact) mass is 176 g/mol. The number of nitrogens with zero attached hydrogens (tertiary/aromatic N) is 1. The van der Waals surface area contributed by atoms with Crippen LogP contribution < -0.4 is 5.73 Å². The molecule has 0 aliphatic carbocycles. The molecule has 11 heavy (non-hydrogen) atoms. The van der Waals surface area contributed by atoms with E-state index in [1.807, 2.05) is 0 Å². The molecule has 0 aromatic heterocycles. The summed E-state index contributed by atoms with van der Waals surface area (Å²) in [5, 5.41) is 16.3. The van der Waals surface area contributed by atoms with E-state index >= 15 is 0 Å². The second-order valence-corrected chi connectivity index (χ2v) is 3.36. The van der Waals surface area contributed by atoms with E-state index in [0.717, 1.165) is 0 Å². The number of hydrogen-bond donors (Lipinski definition) is 2. The Hall–Kier alpha value is -0.930. The Morgan fingerprint density at radius 3 is 2.73 bits per heavy atom. The van der Waals surface area contributed by atoms with Gasteiger partial charge in [-0.15, -0.1) is 0 Å². The van der Waals surface area contributed by atoms with Crippen molar-refractivity contribution in [2.75, 3.05) is 11.5 Å². The van der Waals surface area contributed by atoms with Crippen molar-refractivity contribution in [2.45, 2.75) is 6.04 Å². The van der Waals surface area contributed by atoms with Gasteiger partial charge in [0.25, 0.3) is 0 Å². The van der Waals surface area contributed by atoms with Crippen LogP contribution in [0.5, 0.6) is 0 Å². The maximum atomic E-state index is 10.7. The number of rotatable bonds is 4. The lowest BCUT2D eigenvalue weighted by Crippen LogP contribution is -2.35. The van der Waals surface area contributed by atoms with Crippen LogP contribution in [0.15, 0.2) is 0 Å². The summed E-state index contributed by atoms with van der Waals surface area (Å²) < 4.78 is 10.7. The van der Waals surface area contributed by atoms with Gasteiger partial charge < -0.3 is 10.8 Å². The van der Waals surface area contributed by atoms with E-state index in [0.29, 0.717) is 0 Å². The summed E-state index contributed by atoms with van der Waals surface area (Å²) >= 11 is 0. The normalized spacial score (nSPS) is 14.9. The number of carboxylic acids is 1. The van der Waals surface area contributed by atoms with E-state index in [-0.39, 0.29) is 11.5 Å². The predicted molar refractivity (Wildman–Crippen MR) is 39.1 cm³/mol. The van der Waals surface area contributed by atoms with Crippen LogP contribution in [-0.4, -0.2) is 32.8 Å². The highest BCUT2D eigenvalue weighted by Crippen LogP contribution is 1.86. The van der Waals surface area contributed by atoms with Crippen molar-refractivity contribution in [3.05, 3.63) is 0 Å². The maximum Gasteiger partial charge on any atom is 0.321 e. The smallest absolute Gasteiger partial charge is 0.321 e. The van der Waals surface area contributed by atoms with E-state index < -0.39 is 22.8 Å². The highest BCUT2D eigenvalue weighted by Gasteiger charge is 2.14. The number of aliphatic carboxylic acids is 1. The Morgan fingerprint density at radius 1 is 1.82 bits per heavy atom. The molecular weight excluding hydrogens is 168 g/mol. The van der Waals surface area contributed by atoms with Gasteiger partial charge >= 0.3 is 5.97 Å². The molecule has 0 aromatic carbocycles. The van der Waals surface area contributed by atoms with Crippen molar-refractivity contribution in [1.29, 1.82) is 5.26 Å². The summed E-state index contributed by atoms with van der Waals surface area (Å²) in [6, 6.07) is 0.528. The van der Waals surface area contributed by atoms with Crippen LogP contribution in [0.2, 0.25) is 0 Å². The minimum atomic E-state index is -1.44. The molecule has 2 atom stereocenters. The van der Waals surface area contributed by atoms with E-state index in [1.165, 1.54) is 0 Å². The number of nitrogens with two attached hydrogens (primary N) is 1. The maximum absolute atomic E-state index is 10.7. The molecule has 0 aliphatic heterocycles. The number of carboxylic acid groups (broad SMARTS) is 1. The molecule has 0 aromatic rings. The predicted octanol–water partition coefficient (Wildman–Crippen LogP) is -1.33. The fraction of sp³-hybridized carbons (Fsp3) is 0.600. The first kappa shape index (κ1) is 10.1. The molecule has 3 N–H and O–H groups in total. The summed E-state index contributed by atoms with van der Waals surface area (Å²) in [6.07, 6.45) is 0. The van der Waals surface area contributed by atoms with Gasteiger partial charge in [-0.05, 0) is 0 Å². The minimum Gasteiger partial charge on any atom is -0.480 e. The van der Waals surface area contributed by atoms with Crippen molar-refractivity contribution in [3.8, 4) is 6.07 Å². The highest BCUT2D eigenvalue weighted by molar-refractivity contribution is 7.85. The average molecular weight is 176 g/mol. The molecule has 0 amide bonds. The quantitative estimate of drug-likeness (QED) is 0.552. The van der Waals surface area contributed by atoms with Gasteiger partial charge in [-0.2, -0.15) is 5.26 Å². The van der Waals surface area contributed by atoms with Crippen LogP contribution in [0.1, 0.15) is 0 Å². The Balaban J connectivity index is 3.77. The van der Waals surface area contributed by atoms with Crippen LogP contribution in [0.25, 0.3) is 0 Å². The summed E-state index contributed by atoms with van der Waals surface area (Å²) in [5.41, 5.74) is 5.05. The van der Waals surface area contributed by atoms with E-state index in [4.69, 9.17) is 16.1 Å². The van der Waals surface area contributed by atoms with Crippen LogP contribution in [0.4, 0.5) is 0 Å². The molecule has 0 rings (SSSR count). The summed E-state index contributed by atoms with van der Waals surface area (Å²) in [4.78, 5) is 10.1. The molecule has 0 saturated heterocycles. The van der Waals surface area contributed by atoms with Crippen LogP contribution >= 0.6 is 0 Å². The third-order valence-corrected chi connectivity index (χ3v) is 2.09. The van der Waals surface area contributed by atoms with Crippen molar-refractivity contribution in [1.82, 2.24) is 0 Å². The molecule has 0 spiro atoms. The zero-order valence-corrected chi connectivity index (χ0v) is 6.50. The van der Waals surface area contributed by atoms with E-state index in [1.54, 1.807) is 6.07 Å². The number of hydrogen-bond acceptors (Lipinski definition) is 4. The molecule has 6 heteroatoms. The lowest BCUT2D eigenvalue weighted by atomic mass is 10.4. The van der Waals surface area contributed by atoms with Crippen LogP contribution in [-0.2, 0) is 15.6 Å². The number of carbonyl (C=O) groups is 1. The first-order valence-electron chi connectivity index (χ1n) is 2.78. The molecule has 62 valence electrons. The average Bonchev–Trinajstić information content (AvgIpc) is 1.87. The molecule has 0 saturated carbocycles. The lowest BCUT2D eigenvalue weighted by molar-refractivity contribution is -0.137. The molecule has 0 radical (unpaired) electrons. The van der Waals surface area contributed by atoms with E-state index in [2.05, 4.69) is 0 Å². The Morgan fingerprint density at radius 2 is 2.36 bits per heavy atom. The standard InChI is InChI=1S/C5H8N2O3S/c6-1-2-11(10)3-4(7)5(8)9/h4H,2-3,7H2,(H,8,9).